The van der Waals surface area contributed by atoms with Crippen LogP contribution in [0.4, 0.5) is 5.69 Å². The minimum atomic E-state index is -4.23. The van der Waals surface area contributed by atoms with Crippen LogP contribution in [0.25, 0.3) is 17.0 Å². The molecule has 31 heavy (non-hydrogen) atoms. The largest absolute Gasteiger partial charge is 0.748 e. The Hall–Kier alpha value is -2.06. The van der Waals surface area contributed by atoms with E-state index in [-0.39, 0.29) is 12.2 Å². The molecule has 2 aromatic carbocycles. The van der Waals surface area contributed by atoms with Crippen LogP contribution in [0.3, 0.4) is 0 Å². The third-order valence-corrected chi connectivity index (χ3v) is 7.40. The molecule has 0 atom stereocenters. The minimum Gasteiger partial charge on any atom is -0.748 e. The van der Waals surface area contributed by atoms with Gasteiger partial charge in [0.25, 0.3) is 0 Å². The van der Waals surface area contributed by atoms with Crippen molar-refractivity contribution in [2.75, 3.05) is 17.2 Å². The van der Waals surface area contributed by atoms with Gasteiger partial charge in [0, 0.05) is 45.8 Å². The molecule has 0 bridgehead atoms. The summed E-state index contributed by atoms with van der Waals surface area (Å²) < 4.78 is 35.5. The second kappa shape index (κ2) is 8.82. The molecule has 0 saturated carbocycles. The molecule has 0 N–H and O–H groups in total. The highest BCUT2D eigenvalue weighted by atomic mass is 35.5. The van der Waals surface area contributed by atoms with Crippen molar-refractivity contribution in [1.82, 2.24) is 0 Å². The lowest BCUT2D eigenvalue weighted by molar-refractivity contribution is -0.669. The van der Waals surface area contributed by atoms with Gasteiger partial charge < -0.3 is 9.45 Å². The summed E-state index contributed by atoms with van der Waals surface area (Å²) in [5, 5.41) is 2.81. The Balaban J connectivity index is 1.76. The van der Waals surface area contributed by atoms with Gasteiger partial charge in [-0.2, -0.15) is 4.57 Å². The second-order valence-electron chi connectivity index (χ2n) is 7.53. The molecule has 1 aliphatic rings. The first-order valence-electron chi connectivity index (χ1n) is 10.1. The topological polar surface area (TPSA) is 64.3 Å². The molecule has 0 unspecified atom stereocenters. The summed E-state index contributed by atoms with van der Waals surface area (Å²) in [6.07, 6.45) is 2.40. The van der Waals surface area contributed by atoms with Gasteiger partial charge in [-0.05, 0) is 56.2 Å². The SMILES string of the molecule is CC[n+]1c(/C=C2\Sc3cc(C)ccc3N2CCCS(=O)(=O)[O-])ccc2ccc(Cl)cc21. The fraction of sp³-hybridized carbons (Fsp3) is 0.261. The molecule has 8 heteroatoms. The Bertz CT molecular complexity index is 1290. The molecular weight excluding hydrogens is 452 g/mol. The third kappa shape index (κ3) is 4.90. The lowest BCUT2D eigenvalue weighted by Crippen LogP contribution is -2.37. The van der Waals surface area contributed by atoms with Crippen molar-refractivity contribution in [3.63, 3.8) is 0 Å². The van der Waals surface area contributed by atoms with Gasteiger partial charge in [-0.25, -0.2) is 8.42 Å². The van der Waals surface area contributed by atoms with E-state index in [4.69, 9.17) is 11.6 Å². The normalized spacial score (nSPS) is 15.1. The number of aryl methyl sites for hydroxylation is 2. The highest BCUT2D eigenvalue weighted by molar-refractivity contribution is 8.03. The van der Waals surface area contributed by atoms with Gasteiger partial charge >= 0.3 is 0 Å². The summed E-state index contributed by atoms with van der Waals surface area (Å²) in [4.78, 5) is 3.23. The van der Waals surface area contributed by atoms with Gasteiger partial charge in [0.1, 0.15) is 6.54 Å². The van der Waals surface area contributed by atoms with E-state index in [0.717, 1.165) is 38.8 Å². The average Bonchev–Trinajstić information content (AvgIpc) is 3.03. The maximum Gasteiger partial charge on any atom is 0.214 e. The van der Waals surface area contributed by atoms with Crippen LogP contribution in [0, 0.1) is 6.92 Å². The van der Waals surface area contributed by atoms with Gasteiger partial charge in [-0.3, -0.25) is 0 Å². The number of hydrogen-bond acceptors (Lipinski definition) is 5. The van der Waals surface area contributed by atoms with Crippen molar-refractivity contribution in [3.8, 4) is 0 Å². The quantitative estimate of drug-likeness (QED) is 0.373. The summed E-state index contributed by atoms with van der Waals surface area (Å²) in [5.41, 5.74) is 4.30. The van der Waals surface area contributed by atoms with Crippen molar-refractivity contribution in [2.24, 2.45) is 0 Å². The summed E-state index contributed by atoms with van der Waals surface area (Å²) in [6.45, 7) is 5.39. The molecule has 1 aliphatic heterocycles. The number of pyridine rings is 1. The van der Waals surface area contributed by atoms with E-state index in [0.29, 0.717) is 11.6 Å². The van der Waals surface area contributed by atoms with Crippen LogP contribution in [0.1, 0.15) is 24.6 Å². The lowest BCUT2D eigenvalue weighted by atomic mass is 10.1. The fourth-order valence-corrected chi connectivity index (χ4v) is 5.73. The van der Waals surface area contributed by atoms with E-state index < -0.39 is 10.1 Å². The van der Waals surface area contributed by atoms with Crippen molar-refractivity contribution < 1.29 is 17.5 Å². The molecule has 0 amide bonds. The van der Waals surface area contributed by atoms with E-state index in [9.17, 15) is 13.0 Å². The number of rotatable bonds is 6. The number of aromatic nitrogens is 1. The molecule has 0 fully saturated rings. The molecule has 162 valence electrons. The van der Waals surface area contributed by atoms with Crippen LogP contribution in [0.2, 0.25) is 5.02 Å². The Morgan fingerprint density at radius 1 is 1.16 bits per heavy atom. The Labute approximate surface area is 192 Å². The first-order valence-corrected chi connectivity index (χ1v) is 12.9. The van der Waals surface area contributed by atoms with Crippen LogP contribution < -0.4 is 9.47 Å². The van der Waals surface area contributed by atoms with Crippen molar-refractivity contribution in [2.45, 2.75) is 31.7 Å². The maximum absolute atomic E-state index is 11.1. The number of nitrogens with zero attached hydrogens (tertiary/aromatic N) is 2. The number of hydrogen-bond donors (Lipinski definition) is 0. The third-order valence-electron chi connectivity index (χ3n) is 5.28. The standard InChI is InChI=1S/C23H23ClN2O3S2/c1-3-25-19(9-7-17-6-8-18(24)14-21(17)25)15-23-26(11-4-12-31(27,28)29)20-10-5-16(2)13-22(20)30-23/h5-10,13-15H,3-4,11-12H2,1-2H3. The Morgan fingerprint density at radius 2 is 1.94 bits per heavy atom. The molecule has 0 aliphatic carbocycles. The van der Waals surface area contributed by atoms with E-state index in [1.165, 1.54) is 5.56 Å². The summed E-state index contributed by atoms with van der Waals surface area (Å²) >= 11 is 7.91. The highest BCUT2D eigenvalue weighted by Gasteiger charge is 2.26. The molecule has 0 radical (unpaired) electrons. The lowest BCUT2D eigenvalue weighted by Gasteiger charge is -2.21. The molecule has 0 spiro atoms. The number of fused-ring (bicyclic) bond motifs is 2. The zero-order valence-corrected chi connectivity index (χ0v) is 19.7. The molecule has 0 saturated heterocycles. The van der Waals surface area contributed by atoms with Gasteiger partial charge in [0.15, 0.2) is 0 Å². The predicted molar refractivity (Wildman–Crippen MR) is 126 cm³/mol. The van der Waals surface area contributed by atoms with E-state index in [1.54, 1.807) is 11.8 Å². The van der Waals surface area contributed by atoms with Crippen molar-refractivity contribution >= 4 is 56.1 Å². The fourth-order valence-electron chi connectivity index (χ4n) is 3.85. The van der Waals surface area contributed by atoms with Gasteiger partial charge in [-0.15, -0.1) is 0 Å². The Kier molecular flexibility index (Phi) is 6.30. The average molecular weight is 475 g/mol. The smallest absolute Gasteiger partial charge is 0.214 e. The molecular formula is C23H23ClN2O3S2. The monoisotopic (exact) mass is 474 g/mol. The summed E-state index contributed by atoms with van der Waals surface area (Å²) in [5.74, 6) is -0.369. The minimum absolute atomic E-state index is 0.276. The number of anilines is 1. The molecule has 4 rings (SSSR count). The first-order chi connectivity index (χ1) is 14.7. The number of halogens is 1. The maximum atomic E-state index is 11.1. The second-order valence-corrected chi connectivity index (χ2v) is 10.6. The van der Waals surface area contributed by atoms with Crippen molar-refractivity contribution in [1.29, 1.82) is 0 Å². The molecule has 3 aromatic rings. The molecule has 5 nitrogen and oxygen atoms in total. The zero-order valence-electron chi connectivity index (χ0n) is 17.3. The van der Waals surface area contributed by atoms with E-state index >= 15 is 0 Å². The highest BCUT2D eigenvalue weighted by Crippen LogP contribution is 2.47. The molecule has 2 heterocycles. The van der Waals surface area contributed by atoms with Crippen molar-refractivity contribution in [3.05, 3.63) is 69.8 Å². The van der Waals surface area contributed by atoms with Crippen LogP contribution >= 0.6 is 23.4 Å². The summed E-state index contributed by atoms with van der Waals surface area (Å²) in [6, 6.07) is 16.3. The van der Waals surface area contributed by atoms with Crippen LogP contribution in [0.5, 0.6) is 0 Å². The van der Waals surface area contributed by atoms with Gasteiger partial charge in [0.2, 0.25) is 11.2 Å². The predicted octanol–water partition coefficient (Wildman–Crippen LogP) is 4.96. The van der Waals surface area contributed by atoms with E-state index in [1.807, 2.05) is 24.3 Å². The van der Waals surface area contributed by atoms with Crippen LogP contribution in [-0.4, -0.2) is 25.3 Å². The number of benzene rings is 2. The van der Waals surface area contributed by atoms with Crippen LogP contribution in [-0.2, 0) is 16.7 Å². The van der Waals surface area contributed by atoms with E-state index in [2.05, 4.69) is 53.7 Å². The van der Waals surface area contributed by atoms with Crippen LogP contribution in [0.15, 0.2) is 58.5 Å². The van der Waals surface area contributed by atoms with Gasteiger partial charge in [-0.1, -0.05) is 29.4 Å². The Morgan fingerprint density at radius 3 is 2.68 bits per heavy atom. The summed E-state index contributed by atoms with van der Waals surface area (Å²) in [7, 11) is -4.23. The molecule has 1 aromatic heterocycles. The zero-order chi connectivity index (χ0) is 22.2. The number of thioether (sulfide) groups is 1. The van der Waals surface area contributed by atoms with Gasteiger partial charge in [0.05, 0.1) is 20.8 Å². The first kappa shape index (κ1) is 22.1.